The zero-order chi connectivity index (χ0) is 20.9. The van der Waals surface area contributed by atoms with Crippen LogP contribution in [0.25, 0.3) is 11.4 Å². The molecule has 1 saturated heterocycles. The van der Waals surface area contributed by atoms with Crippen molar-refractivity contribution in [2.75, 3.05) is 32.8 Å². The van der Waals surface area contributed by atoms with Crippen molar-refractivity contribution in [1.82, 2.24) is 19.9 Å². The highest BCUT2D eigenvalue weighted by atomic mass is 35.5. The van der Waals surface area contributed by atoms with E-state index in [0.717, 1.165) is 18.7 Å². The van der Waals surface area contributed by atoms with Gasteiger partial charge in [-0.2, -0.15) is 4.98 Å². The van der Waals surface area contributed by atoms with E-state index in [4.69, 9.17) is 20.9 Å². The zero-order valence-electron chi connectivity index (χ0n) is 16.7. The van der Waals surface area contributed by atoms with E-state index in [9.17, 15) is 4.79 Å². The summed E-state index contributed by atoms with van der Waals surface area (Å²) in [5, 5.41) is 4.74. The molecule has 0 aliphatic carbocycles. The second-order valence-electron chi connectivity index (χ2n) is 7.16. The molecule has 0 saturated carbocycles. The van der Waals surface area contributed by atoms with Gasteiger partial charge in [0.2, 0.25) is 11.7 Å². The van der Waals surface area contributed by atoms with Crippen LogP contribution < -0.4 is 4.74 Å². The Labute approximate surface area is 180 Å². The van der Waals surface area contributed by atoms with E-state index in [2.05, 4.69) is 15.0 Å². The molecule has 1 aromatic heterocycles. The fourth-order valence-electron chi connectivity index (χ4n) is 3.39. The summed E-state index contributed by atoms with van der Waals surface area (Å²) in [6, 6.07) is 16.7. The Morgan fingerprint density at radius 3 is 2.50 bits per heavy atom. The predicted molar refractivity (Wildman–Crippen MR) is 113 cm³/mol. The number of hydrogen-bond donors (Lipinski definition) is 0. The Morgan fingerprint density at radius 1 is 1.10 bits per heavy atom. The van der Waals surface area contributed by atoms with Gasteiger partial charge in [-0.25, -0.2) is 0 Å². The molecule has 0 bridgehead atoms. The van der Waals surface area contributed by atoms with Gasteiger partial charge in [0, 0.05) is 36.8 Å². The van der Waals surface area contributed by atoms with Gasteiger partial charge in [-0.15, -0.1) is 0 Å². The van der Waals surface area contributed by atoms with Crippen LogP contribution in [0.15, 0.2) is 59.1 Å². The molecule has 2 aromatic carbocycles. The number of hydrogen-bond acceptors (Lipinski definition) is 6. The highest BCUT2D eigenvalue weighted by molar-refractivity contribution is 6.30. The number of carbonyl (C=O) groups excluding carboxylic acids is 1. The molecule has 8 heteroatoms. The van der Waals surface area contributed by atoms with Gasteiger partial charge < -0.3 is 14.2 Å². The van der Waals surface area contributed by atoms with Crippen molar-refractivity contribution in [3.63, 3.8) is 0 Å². The van der Waals surface area contributed by atoms with Crippen LogP contribution in [0.4, 0.5) is 0 Å². The average Bonchev–Trinajstić information content (AvgIpc) is 3.29. The SMILES string of the molecule is C[C@H](c1nc(-c2ccccc2)no1)N1CCN(C(=O)COc2ccc(Cl)cc2)CC1. The Balaban J connectivity index is 1.28. The van der Waals surface area contributed by atoms with Gasteiger partial charge in [0.1, 0.15) is 5.75 Å². The van der Waals surface area contributed by atoms with E-state index in [1.807, 2.05) is 42.2 Å². The first-order valence-corrected chi connectivity index (χ1v) is 10.3. The van der Waals surface area contributed by atoms with Crippen molar-refractivity contribution in [1.29, 1.82) is 0 Å². The highest BCUT2D eigenvalue weighted by Crippen LogP contribution is 2.23. The van der Waals surface area contributed by atoms with Gasteiger partial charge in [0.25, 0.3) is 5.91 Å². The molecule has 0 N–H and O–H groups in total. The Kier molecular flexibility index (Phi) is 6.30. The monoisotopic (exact) mass is 426 g/mol. The standard InChI is InChI=1S/C22H23ClN4O3/c1-16(22-24-21(25-30-22)17-5-3-2-4-6-17)26-11-13-27(14-12-26)20(28)15-29-19-9-7-18(23)8-10-19/h2-10,16H,11-15H2,1H3/t16-/m1/s1. The topological polar surface area (TPSA) is 71.7 Å². The van der Waals surface area contributed by atoms with E-state index < -0.39 is 0 Å². The molecule has 4 rings (SSSR count). The van der Waals surface area contributed by atoms with Crippen LogP contribution in [0, 0.1) is 0 Å². The number of piperazine rings is 1. The van der Waals surface area contributed by atoms with Crippen LogP contribution in [0.2, 0.25) is 5.02 Å². The fraction of sp³-hybridized carbons (Fsp3) is 0.318. The van der Waals surface area contributed by atoms with Crippen molar-refractivity contribution in [2.24, 2.45) is 0 Å². The fourth-order valence-corrected chi connectivity index (χ4v) is 3.52. The average molecular weight is 427 g/mol. The van der Waals surface area contributed by atoms with Gasteiger partial charge in [0.05, 0.1) is 6.04 Å². The maximum Gasteiger partial charge on any atom is 0.260 e. The first-order chi connectivity index (χ1) is 14.6. The Morgan fingerprint density at radius 2 is 1.80 bits per heavy atom. The van der Waals surface area contributed by atoms with Crippen LogP contribution in [0.1, 0.15) is 18.9 Å². The molecule has 2 heterocycles. The van der Waals surface area contributed by atoms with E-state index >= 15 is 0 Å². The second-order valence-corrected chi connectivity index (χ2v) is 7.59. The third kappa shape index (κ3) is 4.80. The number of amides is 1. The molecule has 3 aromatic rings. The van der Waals surface area contributed by atoms with Gasteiger partial charge in [-0.1, -0.05) is 47.1 Å². The summed E-state index contributed by atoms with van der Waals surface area (Å²) in [5.41, 5.74) is 0.927. The minimum atomic E-state index is -0.0265. The number of benzene rings is 2. The van der Waals surface area contributed by atoms with Crippen molar-refractivity contribution < 1.29 is 14.1 Å². The number of aromatic nitrogens is 2. The number of rotatable bonds is 6. The molecule has 0 spiro atoms. The summed E-state index contributed by atoms with van der Waals surface area (Å²) in [7, 11) is 0. The molecule has 1 aliphatic rings. The van der Waals surface area contributed by atoms with Crippen LogP contribution in [0.3, 0.4) is 0 Å². The summed E-state index contributed by atoms with van der Waals surface area (Å²) in [4.78, 5) is 21.1. The minimum absolute atomic E-state index is 0.0152. The zero-order valence-corrected chi connectivity index (χ0v) is 17.5. The number of nitrogens with zero attached hydrogens (tertiary/aromatic N) is 4. The molecule has 1 amide bonds. The van der Waals surface area contributed by atoms with E-state index in [1.165, 1.54) is 0 Å². The molecule has 156 valence electrons. The largest absolute Gasteiger partial charge is 0.484 e. The summed E-state index contributed by atoms with van der Waals surface area (Å²) in [6.07, 6.45) is 0. The molecule has 0 radical (unpaired) electrons. The molecular formula is C22H23ClN4O3. The molecule has 1 fully saturated rings. The summed E-state index contributed by atoms with van der Waals surface area (Å²) >= 11 is 5.86. The summed E-state index contributed by atoms with van der Waals surface area (Å²) < 4.78 is 11.1. The Bertz CT molecular complexity index is 970. The van der Waals surface area contributed by atoms with Gasteiger partial charge >= 0.3 is 0 Å². The number of halogens is 1. The van der Waals surface area contributed by atoms with Gasteiger partial charge in [0.15, 0.2) is 6.61 Å². The lowest BCUT2D eigenvalue weighted by atomic mass is 10.2. The molecule has 7 nitrogen and oxygen atoms in total. The highest BCUT2D eigenvalue weighted by Gasteiger charge is 2.28. The second kappa shape index (κ2) is 9.28. The molecule has 1 atom stereocenters. The molecular weight excluding hydrogens is 404 g/mol. The summed E-state index contributed by atoms with van der Waals surface area (Å²) in [6.45, 7) is 4.79. The number of carbonyl (C=O) groups is 1. The minimum Gasteiger partial charge on any atom is -0.484 e. The first kappa shape index (κ1) is 20.4. The maximum absolute atomic E-state index is 12.5. The van der Waals surface area contributed by atoms with E-state index in [0.29, 0.717) is 35.6 Å². The molecule has 30 heavy (non-hydrogen) atoms. The first-order valence-electron chi connectivity index (χ1n) is 9.89. The van der Waals surface area contributed by atoms with Crippen LogP contribution in [-0.2, 0) is 4.79 Å². The van der Waals surface area contributed by atoms with E-state index in [-0.39, 0.29) is 18.6 Å². The van der Waals surface area contributed by atoms with Gasteiger partial charge in [-0.3, -0.25) is 9.69 Å². The third-order valence-electron chi connectivity index (χ3n) is 5.22. The lowest BCUT2D eigenvalue weighted by molar-refractivity contribution is -0.135. The number of ether oxygens (including phenoxy) is 1. The molecule has 0 unspecified atom stereocenters. The van der Waals surface area contributed by atoms with Crippen LogP contribution >= 0.6 is 11.6 Å². The molecule has 1 aliphatic heterocycles. The Hall–Kier alpha value is -2.90. The normalized spacial score (nSPS) is 15.7. The quantitative estimate of drug-likeness (QED) is 0.598. The van der Waals surface area contributed by atoms with Crippen molar-refractivity contribution in [3.8, 4) is 17.1 Å². The smallest absolute Gasteiger partial charge is 0.260 e. The van der Waals surface area contributed by atoms with E-state index in [1.54, 1.807) is 24.3 Å². The predicted octanol–water partition coefficient (Wildman–Crippen LogP) is 3.67. The van der Waals surface area contributed by atoms with Gasteiger partial charge in [-0.05, 0) is 31.2 Å². The van der Waals surface area contributed by atoms with Crippen molar-refractivity contribution >= 4 is 17.5 Å². The summed E-state index contributed by atoms with van der Waals surface area (Å²) in [5.74, 6) is 1.78. The maximum atomic E-state index is 12.5. The lowest BCUT2D eigenvalue weighted by Gasteiger charge is -2.36. The van der Waals surface area contributed by atoms with Crippen LogP contribution in [0.5, 0.6) is 5.75 Å². The van der Waals surface area contributed by atoms with Crippen molar-refractivity contribution in [3.05, 3.63) is 65.5 Å². The van der Waals surface area contributed by atoms with Crippen molar-refractivity contribution in [2.45, 2.75) is 13.0 Å². The lowest BCUT2D eigenvalue weighted by Crippen LogP contribution is -2.50. The third-order valence-corrected chi connectivity index (χ3v) is 5.47. The van der Waals surface area contributed by atoms with Crippen LogP contribution in [-0.4, -0.2) is 58.6 Å².